The number of nitrogens with zero attached hydrogens (tertiary/aromatic N) is 1. The lowest BCUT2D eigenvalue weighted by atomic mass is 10.1. The van der Waals surface area contributed by atoms with Gasteiger partial charge in [0.05, 0.1) is 14.2 Å². The highest BCUT2D eigenvalue weighted by Crippen LogP contribution is 2.45. The molecule has 0 aromatic heterocycles. The number of thioether (sulfide) groups is 1. The molecule has 1 heterocycles. The Hall–Kier alpha value is -2.34. The molecule has 1 aliphatic rings. The quantitative estimate of drug-likeness (QED) is 0.852. The van der Waals surface area contributed by atoms with Crippen molar-refractivity contribution in [2.24, 2.45) is 0 Å². The predicted molar refractivity (Wildman–Crippen MR) is 106 cm³/mol. The molecule has 26 heavy (non-hydrogen) atoms. The number of benzene rings is 2. The zero-order valence-electron chi connectivity index (χ0n) is 15.5. The van der Waals surface area contributed by atoms with Gasteiger partial charge in [-0.2, -0.15) is 0 Å². The molecule has 1 atom stereocenters. The van der Waals surface area contributed by atoms with Crippen molar-refractivity contribution in [1.29, 1.82) is 0 Å². The molecule has 1 saturated heterocycles. The van der Waals surface area contributed by atoms with E-state index >= 15 is 0 Å². The Bertz CT molecular complexity index is 789. The predicted octanol–water partition coefficient (Wildman–Crippen LogP) is 4.60. The molecule has 2 aromatic rings. The average Bonchev–Trinajstić information content (AvgIpc) is 3.13. The monoisotopic (exact) mass is 372 g/mol. The number of rotatable bonds is 4. The van der Waals surface area contributed by atoms with Crippen LogP contribution >= 0.6 is 11.8 Å². The maximum Gasteiger partial charge on any atom is 0.323 e. The molecule has 1 N–H and O–H groups in total. The number of aryl methyl sites for hydroxylation is 2. The van der Waals surface area contributed by atoms with Gasteiger partial charge in [-0.15, -0.1) is 11.8 Å². The zero-order valence-corrected chi connectivity index (χ0v) is 16.4. The maximum absolute atomic E-state index is 13.0. The molecule has 0 bridgehead atoms. The summed E-state index contributed by atoms with van der Waals surface area (Å²) in [7, 11) is 3.25. The van der Waals surface area contributed by atoms with Gasteiger partial charge >= 0.3 is 6.03 Å². The summed E-state index contributed by atoms with van der Waals surface area (Å²) in [6.07, 6.45) is 0. The normalized spacial score (nSPS) is 16.5. The van der Waals surface area contributed by atoms with Crippen molar-refractivity contribution < 1.29 is 14.3 Å². The van der Waals surface area contributed by atoms with Gasteiger partial charge in [0.25, 0.3) is 0 Å². The van der Waals surface area contributed by atoms with Crippen molar-refractivity contribution in [1.82, 2.24) is 4.90 Å². The van der Waals surface area contributed by atoms with Crippen LogP contribution in [-0.2, 0) is 0 Å². The minimum absolute atomic E-state index is 0.0951. The lowest BCUT2D eigenvalue weighted by Crippen LogP contribution is -2.34. The third-order valence-corrected chi connectivity index (χ3v) is 5.81. The van der Waals surface area contributed by atoms with Gasteiger partial charge in [0.15, 0.2) is 11.5 Å². The third kappa shape index (κ3) is 3.46. The number of ether oxygens (including phenoxy) is 2. The van der Waals surface area contributed by atoms with Gasteiger partial charge in [-0.05, 0) is 31.0 Å². The van der Waals surface area contributed by atoms with Gasteiger partial charge in [-0.1, -0.05) is 30.3 Å². The van der Waals surface area contributed by atoms with Crippen LogP contribution in [0.25, 0.3) is 0 Å². The fourth-order valence-corrected chi connectivity index (χ4v) is 4.50. The Kier molecular flexibility index (Phi) is 5.61. The van der Waals surface area contributed by atoms with Crippen LogP contribution in [0.3, 0.4) is 0 Å². The molecule has 2 amide bonds. The first-order valence-corrected chi connectivity index (χ1v) is 9.58. The number of carbonyl (C=O) groups excluding carboxylic acids is 1. The van der Waals surface area contributed by atoms with Gasteiger partial charge in [-0.25, -0.2) is 4.79 Å². The summed E-state index contributed by atoms with van der Waals surface area (Å²) >= 11 is 1.73. The Balaban J connectivity index is 1.88. The summed E-state index contributed by atoms with van der Waals surface area (Å²) in [5.74, 6) is 2.23. The van der Waals surface area contributed by atoms with Crippen LogP contribution in [0.5, 0.6) is 11.5 Å². The van der Waals surface area contributed by atoms with E-state index in [9.17, 15) is 4.79 Å². The number of anilines is 1. The van der Waals surface area contributed by atoms with Crippen molar-refractivity contribution in [3.05, 3.63) is 53.1 Å². The SMILES string of the molecule is COc1cccc(C2SCCN2C(=O)Nc2c(C)cccc2C)c1OC. The Morgan fingerprint density at radius 2 is 1.81 bits per heavy atom. The molecule has 0 saturated carbocycles. The van der Waals surface area contributed by atoms with E-state index in [2.05, 4.69) is 5.32 Å². The molecular weight excluding hydrogens is 348 g/mol. The summed E-state index contributed by atoms with van der Waals surface area (Å²) in [4.78, 5) is 14.8. The molecule has 1 aliphatic heterocycles. The van der Waals surface area contributed by atoms with Crippen LogP contribution in [0.1, 0.15) is 22.1 Å². The average molecular weight is 372 g/mol. The van der Waals surface area contributed by atoms with Crippen LogP contribution in [0.4, 0.5) is 10.5 Å². The van der Waals surface area contributed by atoms with Crippen molar-refractivity contribution in [3.8, 4) is 11.5 Å². The van der Waals surface area contributed by atoms with Crippen LogP contribution in [-0.4, -0.2) is 37.4 Å². The molecule has 2 aromatic carbocycles. The fourth-order valence-electron chi connectivity index (χ4n) is 3.23. The molecule has 3 rings (SSSR count). The first-order chi connectivity index (χ1) is 12.6. The van der Waals surface area contributed by atoms with E-state index in [1.807, 2.05) is 55.1 Å². The first kappa shape index (κ1) is 18.5. The molecule has 6 heteroatoms. The number of carbonyl (C=O) groups is 1. The van der Waals surface area contributed by atoms with Crippen molar-refractivity contribution >= 4 is 23.5 Å². The second-order valence-electron chi connectivity index (χ2n) is 6.20. The minimum Gasteiger partial charge on any atom is -0.493 e. The lowest BCUT2D eigenvalue weighted by Gasteiger charge is -2.27. The standard InChI is InChI=1S/C20H24N2O3S/c1-13-7-5-8-14(2)17(13)21-20(23)22-11-12-26-19(22)15-9-6-10-16(24-3)18(15)25-4/h5-10,19H,11-12H2,1-4H3,(H,21,23). The van der Waals surface area contributed by atoms with E-state index in [4.69, 9.17) is 9.47 Å². The zero-order chi connectivity index (χ0) is 18.7. The molecular formula is C20H24N2O3S. The second kappa shape index (κ2) is 7.91. The van der Waals surface area contributed by atoms with Gasteiger partial charge in [-0.3, -0.25) is 0 Å². The Morgan fingerprint density at radius 3 is 2.46 bits per heavy atom. The summed E-state index contributed by atoms with van der Waals surface area (Å²) in [6, 6.07) is 11.7. The fraction of sp³-hybridized carbons (Fsp3) is 0.350. The summed E-state index contributed by atoms with van der Waals surface area (Å²) in [5, 5.41) is 2.98. The smallest absolute Gasteiger partial charge is 0.323 e. The second-order valence-corrected chi connectivity index (χ2v) is 7.38. The number of urea groups is 1. The van der Waals surface area contributed by atoms with Gasteiger partial charge < -0.3 is 19.7 Å². The topological polar surface area (TPSA) is 50.8 Å². The molecule has 138 valence electrons. The van der Waals surface area contributed by atoms with Gasteiger partial charge in [0.1, 0.15) is 5.37 Å². The maximum atomic E-state index is 13.0. The summed E-state index contributed by atoms with van der Waals surface area (Å²) in [5.41, 5.74) is 3.94. The van der Waals surface area contributed by atoms with Crippen LogP contribution in [0.2, 0.25) is 0 Å². The molecule has 0 radical (unpaired) electrons. The largest absolute Gasteiger partial charge is 0.493 e. The number of nitrogens with one attached hydrogen (secondary N) is 1. The first-order valence-electron chi connectivity index (χ1n) is 8.53. The van der Waals surface area contributed by atoms with E-state index in [1.165, 1.54) is 0 Å². The third-order valence-electron chi connectivity index (χ3n) is 4.56. The summed E-state index contributed by atoms with van der Waals surface area (Å²) in [6.45, 7) is 4.69. The van der Waals surface area contributed by atoms with Crippen molar-refractivity contribution in [2.75, 3.05) is 31.8 Å². The Labute approximate surface area is 158 Å². The van der Waals surface area contributed by atoms with Crippen molar-refractivity contribution in [3.63, 3.8) is 0 Å². The van der Waals surface area contributed by atoms with E-state index in [-0.39, 0.29) is 11.4 Å². The van der Waals surface area contributed by atoms with E-state index in [0.29, 0.717) is 18.0 Å². The van der Waals surface area contributed by atoms with E-state index in [1.54, 1.807) is 26.0 Å². The number of amides is 2. The van der Waals surface area contributed by atoms with E-state index in [0.717, 1.165) is 28.1 Å². The van der Waals surface area contributed by atoms with Gasteiger partial charge in [0, 0.05) is 23.5 Å². The van der Waals surface area contributed by atoms with Crippen LogP contribution in [0.15, 0.2) is 36.4 Å². The number of hydrogen-bond donors (Lipinski definition) is 1. The molecule has 1 fully saturated rings. The molecule has 0 aliphatic carbocycles. The van der Waals surface area contributed by atoms with E-state index < -0.39 is 0 Å². The minimum atomic E-state index is -0.107. The number of para-hydroxylation sites is 2. The van der Waals surface area contributed by atoms with Gasteiger partial charge in [0.2, 0.25) is 0 Å². The number of methoxy groups -OCH3 is 2. The number of hydrogen-bond acceptors (Lipinski definition) is 4. The highest BCUT2D eigenvalue weighted by Gasteiger charge is 2.33. The molecule has 5 nitrogen and oxygen atoms in total. The summed E-state index contributed by atoms with van der Waals surface area (Å²) < 4.78 is 11.0. The van der Waals surface area contributed by atoms with Crippen LogP contribution < -0.4 is 14.8 Å². The highest BCUT2D eigenvalue weighted by atomic mass is 32.2. The highest BCUT2D eigenvalue weighted by molar-refractivity contribution is 7.99. The lowest BCUT2D eigenvalue weighted by molar-refractivity contribution is 0.213. The van der Waals surface area contributed by atoms with Crippen LogP contribution in [0, 0.1) is 13.8 Å². The Morgan fingerprint density at radius 1 is 1.12 bits per heavy atom. The molecule has 1 unspecified atom stereocenters. The molecule has 0 spiro atoms. The van der Waals surface area contributed by atoms with Crippen molar-refractivity contribution in [2.45, 2.75) is 19.2 Å².